The van der Waals surface area contributed by atoms with Crippen LogP contribution in [-0.2, 0) is 0 Å². The number of methoxy groups -OCH3 is 2. The van der Waals surface area contributed by atoms with Gasteiger partial charge in [0.1, 0.15) is 0 Å². The number of nitrogens with zero attached hydrogens (tertiary/aromatic N) is 1. The molecular weight excluding hydrogens is 340 g/mol. The molecule has 0 saturated carbocycles. The highest BCUT2D eigenvalue weighted by molar-refractivity contribution is 6.34. The lowest BCUT2D eigenvalue weighted by Gasteiger charge is -2.23. The van der Waals surface area contributed by atoms with E-state index in [1.54, 1.807) is 32.4 Å². The first-order chi connectivity index (χ1) is 12.1. The molecule has 6 heteroatoms. The third kappa shape index (κ3) is 3.66. The second kappa shape index (κ2) is 7.66. The third-order valence-corrected chi connectivity index (χ3v) is 4.61. The van der Waals surface area contributed by atoms with E-state index < -0.39 is 0 Å². The van der Waals surface area contributed by atoms with Crippen LogP contribution in [0, 0.1) is 0 Å². The predicted molar refractivity (Wildman–Crippen MR) is 100 cm³/mol. The first-order valence-corrected chi connectivity index (χ1v) is 8.58. The molecule has 0 atom stereocenters. The summed E-state index contributed by atoms with van der Waals surface area (Å²) < 4.78 is 10.5. The van der Waals surface area contributed by atoms with E-state index in [9.17, 15) is 4.79 Å². The number of nitrogens with one attached hydrogen (secondary N) is 1. The second-order valence-corrected chi connectivity index (χ2v) is 6.26. The Balaban J connectivity index is 1.87. The Hall–Kier alpha value is -2.40. The van der Waals surface area contributed by atoms with Gasteiger partial charge in [0, 0.05) is 18.7 Å². The van der Waals surface area contributed by atoms with Gasteiger partial charge >= 0.3 is 0 Å². The summed E-state index contributed by atoms with van der Waals surface area (Å²) in [5.41, 5.74) is 2.09. The summed E-state index contributed by atoms with van der Waals surface area (Å²) in [5, 5.41) is 3.62. The Kier molecular flexibility index (Phi) is 5.34. The number of para-hydroxylation sites is 1. The highest BCUT2D eigenvalue weighted by Gasteiger charge is 2.20. The van der Waals surface area contributed by atoms with Crippen molar-refractivity contribution >= 4 is 28.9 Å². The Morgan fingerprint density at radius 1 is 1.08 bits per heavy atom. The molecule has 0 bridgehead atoms. The largest absolute Gasteiger partial charge is 0.493 e. The van der Waals surface area contributed by atoms with E-state index in [0.717, 1.165) is 31.6 Å². The van der Waals surface area contributed by atoms with E-state index in [2.05, 4.69) is 10.2 Å². The molecule has 1 aliphatic rings. The van der Waals surface area contributed by atoms with Gasteiger partial charge in [-0.25, -0.2) is 0 Å². The smallest absolute Gasteiger partial charge is 0.255 e. The number of anilines is 2. The van der Waals surface area contributed by atoms with Crippen molar-refractivity contribution in [1.29, 1.82) is 0 Å². The van der Waals surface area contributed by atoms with Crippen molar-refractivity contribution in [1.82, 2.24) is 0 Å². The van der Waals surface area contributed by atoms with Crippen LogP contribution in [0.25, 0.3) is 0 Å². The van der Waals surface area contributed by atoms with Crippen molar-refractivity contribution in [3.63, 3.8) is 0 Å². The van der Waals surface area contributed by atoms with Crippen LogP contribution in [0.5, 0.6) is 11.5 Å². The molecule has 1 fully saturated rings. The second-order valence-electron chi connectivity index (χ2n) is 5.85. The lowest BCUT2D eigenvalue weighted by Crippen LogP contribution is -2.21. The maximum atomic E-state index is 12.7. The summed E-state index contributed by atoms with van der Waals surface area (Å²) in [5.74, 6) is 0.879. The molecule has 1 heterocycles. The molecule has 1 N–H and O–H groups in total. The molecular formula is C19H21ClN2O3. The van der Waals surface area contributed by atoms with Crippen LogP contribution in [0.4, 0.5) is 11.4 Å². The number of halogens is 1. The van der Waals surface area contributed by atoms with Gasteiger partial charge in [-0.15, -0.1) is 0 Å². The Labute approximate surface area is 152 Å². The summed E-state index contributed by atoms with van der Waals surface area (Å²) in [7, 11) is 3.11. The van der Waals surface area contributed by atoms with E-state index in [-0.39, 0.29) is 5.91 Å². The third-order valence-electron chi connectivity index (χ3n) is 4.30. The number of hydrogen-bond donors (Lipinski definition) is 1. The summed E-state index contributed by atoms with van der Waals surface area (Å²) in [6.07, 6.45) is 2.27. The number of ether oxygens (including phenoxy) is 2. The Morgan fingerprint density at radius 2 is 1.80 bits per heavy atom. The topological polar surface area (TPSA) is 50.8 Å². The Bertz CT molecular complexity index is 773. The van der Waals surface area contributed by atoms with Gasteiger partial charge in [-0.2, -0.15) is 0 Å². The molecule has 25 heavy (non-hydrogen) atoms. The van der Waals surface area contributed by atoms with Gasteiger partial charge in [-0.3, -0.25) is 4.79 Å². The minimum atomic E-state index is -0.219. The van der Waals surface area contributed by atoms with Gasteiger partial charge in [-0.05, 0) is 43.2 Å². The summed E-state index contributed by atoms with van der Waals surface area (Å²) >= 11 is 6.40. The van der Waals surface area contributed by atoms with Gasteiger partial charge in [0.25, 0.3) is 5.91 Å². The highest BCUT2D eigenvalue weighted by atomic mass is 35.5. The van der Waals surface area contributed by atoms with Gasteiger partial charge in [0.05, 0.1) is 30.6 Å². The standard InChI is InChI=1S/C19H21ClN2O3/c1-24-16-9-8-13(12-17(16)25-2)19(23)21-15-7-5-6-14(20)18(15)22-10-3-4-11-22/h5-9,12H,3-4,10-11H2,1-2H3,(H,21,23). The van der Waals surface area contributed by atoms with Crippen LogP contribution in [0.1, 0.15) is 23.2 Å². The van der Waals surface area contributed by atoms with Crippen LogP contribution in [0.2, 0.25) is 5.02 Å². The van der Waals surface area contributed by atoms with E-state index in [0.29, 0.717) is 27.8 Å². The normalized spacial score (nSPS) is 13.6. The average molecular weight is 361 g/mol. The van der Waals surface area contributed by atoms with Gasteiger partial charge < -0.3 is 19.7 Å². The van der Waals surface area contributed by atoms with Crippen molar-refractivity contribution in [3.05, 3.63) is 47.0 Å². The maximum Gasteiger partial charge on any atom is 0.255 e. The lowest BCUT2D eigenvalue weighted by molar-refractivity contribution is 0.102. The van der Waals surface area contributed by atoms with Crippen LogP contribution in [0.15, 0.2) is 36.4 Å². The van der Waals surface area contributed by atoms with Crippen LogP contribution >= 0.6 is 11.6 Å². The minimum Gasteiger partial charge on any atom is -0.493 e. The van der Waals surface area contributed by atoms with Gasteiger partial charge in [-0.1, -0.05) is 17.7 Å². The molecule has 0 spiro atoms. The monoisotopic (exact) mass is 360 g/mol. The average Bonchev–Trinajstić information content (AvgIpc) is 3.15. The van der Waals surface area contributed by atoms with Crippen molar-refractivity contribution in [2.45, 2.75) is 12.8 Å². The number of rotatable bonds is 5. The number of hydrogen-bond acceptors (Lipinski definition) is 4. The van der Waals surface area contributed by atoms with Crippen LogP contribution in [-0.4, -0.2) is 33.2 Å². The number of amides is 1. The van der Waals surface area contributed by atoms with Crippen molar-refractivity contribution in [3.8, 4) is 11.5 Å². The molecule has 0 aliphatic carbocycles. The van der Waals surface area contributed by atoms with E-state index >= 15 is 0 Å². The quantitative estimate of drug-likeness (QED) is 0.867. The highest BCUT2D eigenvalue weighted by Crippen LogP contribution is 2.36. The molecule has 3 rings (SSSR count). The molecule has 0 aromatic heterocycles. The van der Waals surface area contributed by atoms with Crippen LogP contribution < -0.4 is 19.7 Å². The number of carbonyl (C=O) groups is 1. The Morgan fingerprint density at radius 3 is 2.48 bits per heavy atom. The number of carbonyl (C=O) groups excluding carboxylic acids is 1. The molecule has 5 nitrogen and oxygen atoms in total. The lowest BCUT2D eigenvalue weighted by atomic mass is 10.1. The zero-order valence-electron chi connectivity index (χ0n) is 14.3. The fourth-order valence-electron chi connectivity index (χ4n) is 3.05. The summed E-state index contributed by atoms with van der Waals surface area (Å²) in [6, 6.07) is 10.6. The molecule has 1 amide bonds. The zero-order chi connectivity index (χ0) is 17.8. The first kappa shape index (κ1) is 17.4. The molecule has 0 unspecified atom stereocenters. The van der Waals surface area contributed by atoms with E-state index in [4.69, 9.17) is 21.1 Å². The minimum absolute atomic E-state index is 0.219. The molecule has 1 aliphatic heterocycles. The van der Waals surface area contributed by atoms with E-state index in [1.807, 2.05) is 18.2 Å². The predicted octanol–water partition coefficient (Wildman–Crippen LogP) is 4.21. The van der Waals surface area contributed by atoms with Crippen LogP contribution in [0.3, 0.4) is 0 Å². The molecule has 1 saturated heterocycles. The fourth-order valence-corrected chi connectivity index (χ4v) is 3.34. The SMILES string of the molecule is COc1ccc(C(=O)Nc2cccc(Cl)c2N2CCCC2)cc1OC. The van der Waals surface area contributed by atoms with E-state index in [1.165, 1.54) is 0 Å². The van der Waals surface area contributed by atoms with Gasteiger partial charge in [0.2, 0.25) is 0 Å². The maximum absolute atomic E-state index is 12.7. The van der Waals surface area contributed by atoms with Crippen molar-refractivity contribution in [2.24, 2.45) is 0 Å². The molecule has 2 aromatic rings. The molecule has 132 valence electrons. The summed E-state index contributed by atoms with van der Waals surface area (Å²) in [4.78, 5) is 14.9. The first-order valence-electron chi connectivity index (χ1n) is 8.21. The van der Waals surface area contributed by atoms with Gasteiger partial charge in [0.15, 0.2) is 11.5 Å². The zero-order valence-corrected chi connectivity index (χ0v) is 15.1. The van der Waals surface area contributed by atoms with Crippen molar-refractivity contribution < 1.29 is 14.3 Å². The fraction of sp³-hybridized carbons (Fsp3) is 0.316. The molecule has 0 radical (unpaired) electrons. The summed E-state index contributed by atoms with van der Waals surface area (Å²) in [6.45, 7) is 1.89. The number of benzene rings is 2. The van der Waals surface area contributed by atoms with Crippen molar-refractivity contribution in [2.75, 3.05) is 37.5 Å². The molecule has 2 aromatic carbocycles.